The summed E-state index contributed by atoms with van der Waals surface area (Å²) in [5.41, 5.74) is 4.69. The molecule has 0 radical (unpaired) electrons. The van der Waals surface area contributed by atoms with Gasteiger partial charge in [0.2, 0.25) is 17.7 Å². The van der Waals surface area contributed by atoms with Crippen LogP contribution in [-0.2, 0) is 49.3 Å². The first-order valence-electron chi connectivity index (χ1n) is 28.2. The molecular weight excluding hydrogens is 967 g/mol. The van der Waals surface area contributed by atoms with Gasteiger partial charge in [-0.15, -0.1) is 0 Å². The molecule has 6 heterocycles. The van der Waals surface area contributed by atoms with Crippen molar-refractivity contribution in [2.24, 2.45) is 41.4 Å². The van der Waals surface area contributed by atoms with Crippen molar-refractivity contribution in [3.8, 4) is 5.75 Å². The minimum absolute atomic E-state index is 0.0103. The van der Waals surface area contributed by atoms with Crippen LogP contribution in [0.25, 0.3) is 0 Å². The van der Waals surface area contributed by atoms with Gasteiger partial charge in [-0.25, -0.2) is 5.43 Å². The number of rotatable bonds is 12. The number of aliphatic hydroxyl groups excluding tert-OH is 1. The van der Waals surface area contributed by atoms with Crippen LogP contribution in [0.5, 0.6) is 5.75 Å². The van der Waals surface area contributed by atoms with Crippen molar-refractivity contribution < 1.29 is 53.1 Å². The quantitative estimate of drug-likeness (QED) is 0.0680. The Balaban J connectivity index is 1.07. The number of allylic oxidation sites excluding steroid dienone is 5. The number of esters is 1. The number of hydrogen-bond acceptors (Lipinski definition) is 12. The van der Waals surface area contributed by atoms with E-state index in [-0.39, 0.29) is 78.2 Å². The van der Waals surface area contributed by atoms with Crippen LogP contribution >= 0.6 is 0 Å². The third-order valence-electron chi connectivity index (χ3n) is 17.0. The van der Waals surface area contributed by atoms with Gasteiger partial charge in [-0.05, 0) is 106 Å². The van der Waals surface area contributed by atoms with Gasteiger partial charge in [0.25, 0.3) is 5.91 Å². The summed E-state index contributed by atoms with van der Waals surface area (Å²) in [5, 5.41) is 32.4. The predicted molar refractivity (Wildman–Crippen MR) is 289 cm³/mol. The highest BCUT2D eigenvalue weighted by Crippen LogP contribution is 2.45. The molecule has 16 nitrogen and oxygen atoms in total. The summed E-state index contributed by atoms with van der Waals surface area (Å²) >= 11 is 0. The van der Waals surface area contributed by atoms with Gasteiger partial charge in [-0.3, -0.25) is 29.0 Å². The molecule has 1 aromatic rings. The number of nitrogens with zero attached hydrogens (tertiary/aromatic N) is 1. The lowest BCUT2D eigenvalue weighted by Gasteiger charge is -2.51. The molecule has 418 valence electrons. The summed E-state index contributed by atoms with van der Waals surface area (Å²) in [4.78, 5) is 70.3. The number of ether oxygens (including phenoxy) is 4. The second-order valence-electron chi connectivity index (χ2n) is 23.3. The number of phenols is 1. The number of aliphatic hydroxyl groups is 1. The van der Waals surface area contributed by atoms with Crippen LogP contribution in [0.3, 0.4) is 0 Å². The number of amides is 4. The standard InChI is InChI=1S/C60H87N5O11/c1-11-43-31-40(8)60(63-54(43)68)39(7)30-38(6)51(75-60)34-48(67)36(4)20-14-12-15-21-37(5)49-25-16-13-17-26-50-41(9)53-45(27-28-59(10,74-50)76-53)55(69)62-52(35(2)3)56(70)61-47(33-42-22-18-23-44(66)32-42)57(71)65-29-19-24-46(64-65)58(72)73-49/h12-13,15-18,21-23,26,30,32,35-36,38,40-41,43,45-53,64,66-67H,11,14,19-20,24-25,27-29,31,33-34H2,1-10H3,(H,61,70)(H,62,69)(H,63,68)/t36-,38+,40-,41-,43-,45+,46-,47-,48-,49-,50+,51-,52-,53+,59?,60-/m0/s1. The van der Waals surface area contributed by atoms with Crippen LogP contribution in [0, 0.1) is 41.4 Å². The summed E-state index contributed by atoms with van der Waals surface area (Å²) < 4.78 is 26.0. The van der Waals surface area contributed by atoms with Crippen LogP contribution in [0.2, 0.25) is 0 Å². The van der Waals surface area contributed by atoms with Gasteiger partial charge in [0.15, 0.2) is 11.5 Å². The summed E-state index contributed by atoms with van der Waals surface area (Å²) in [6, 6.07) is 3.53. The van der Waals surface area contributed by atoms with Crippen molar-refractivity contribution in [1.82, 2.24) is 26.4 Å². The molecule has 4 saturated heterocycles. The van der Waals surface area contributed by atoms with Gasteiger partial charge < -0.3 is 45.1 Å². The Morgan fingerprint density at radius 2 is 1.76 bits per heavy atom. The Labute approximate surface area is 450 Å². The first-order chi connectivity index (χ1) is 36.1. The van der Waals surface area contributed by atoms with E-state index in [4.69, 9.17) is 18.9 Å². The molecule has 1 unspecified atom stereocenters. The minimum Gasteiger partial charge on any atom is -0.508 e. The first kappa shape index (κ1) is 58.6. The number of carbonyl (C=O) groups excluding carboxylic acids is 5. The first-order valence-corrected chi connectivity index (χ1v) is 28.2. The zero-order chi connectivity index (χ0) is 55.1. The van der Waals surface area contributed by atoms with Gasteiger partial charge in [-0.2, -0.15) is 0 Å². The van der Waals surface area contributed by atoms with E-state index in [2.05, 4.69) is 41.3 Å². The summed E-state index contributed by atoms with van der Waals surface area (Å²) in [6.45, 7) is 20.1. The Hall–Kier alpha value is -5.13. The van der Waals surface area contributed by atoms with Crippen molar-refractivity contribution >= 4 is 29.6 Å². The van der Waals surface area contributed by atoms with Crippen molar-refractivity contribution in [1.29, 1.82) is 0 Å². The average molecular weight is 1050 g/mol. The van der Waals surface area contributed by atoms with E-state index in [9.17, 15) is 34.2 Å². The van der Waals surface area contributed by atoms with E-state index in [1.807, 2.05) is 97.9 Å². The van der Waals surface area contributed by atoms with E-state index < -0.39 is 71.7 Å². The molecule has 1 aromatic carbocycles. The molecule has 1 spiro atoms. The van der Waals surface area contributed by atoms with E-state index in [1.54, 1.807) is 12.1 Å². The van der Waals surface area contributed by atoms with E-state index in [0.717, 1.165) is 30.4 Å². The number of cyclic esters (lactones) is 1. The Morgan fingerprint density at radius 1 is 0.987 bits per heavy atom. The second-order valence-corrected chi connectivity index (χ2v) is 23.3. The summed E-state index contributed by atoms with van der Waals surface area (Å²) in [7, 11) is 0. The molecule has 5 bridgehead atoms. The molecule has 0 aromatic heterocycles. The predicted octanol–water partition coefficient (Wildman–Crippen LogP) is 7.56. The highest BCUT2D eigenvalue weighted by atomic mass is 16.7. The highest BCUT2D eigenvalue weighted by molar-refractivity contribution is 5.93. The third-order valence-corrected chi connectivity index (χ3v) is 17.0. The minimum atomic E-state index is -1.12. The SMILES string of the molecule is CC[C@H]1C[C@H](C)[C@@]2(NC1=O)O[C@@H](C[C@H](O)[C@@H](C)CCC=CC=C(C)[C@@H]1CC=CC=C[C@H]3OC4(C)CC[C@@H](C(=O)N[C@@H](C(C)C)C(=O)N[C@@H](Cc5cccc(O)c5)C(=O)N5CCC[C@H](N5)C(=O)O1)[C@H](O4)[C@H]3C)[C@H](C)C=C2C. The van der Waals surface area contributed by atoms with E-state index in [0.29, 0.717) is 50.5 Å². The number of benzene rings is 1. The van der Waals surface area contributed by atoms with Crippen molar-refractivity contribution in [3.05, 3.63) is 89.6 Å². The van der Waals surface area contributed by atoms with Crippen LogP contribution < -0.4 is 21.4 Å². The number of nitrogens with one attached hydrogen (secondary N) is 4. The molecule has 6 aliphatic heterocycles. The lowest BCUT2D eigenvalue weighted by molar-refractivity contribution is -0.344. The second kappa shape index (κ2) is 25.6. The monoisotopic (exact) mass is 1050 g/mol. The third kappa shape index (κ3) is 13.9. The zero-order valence-corrected chi connectivity index (χ0v) is 46.6. The molecule has 76 heavy (non-hydrogen) atoms. The van der Waals surface area contributed by atoms with Crippen molar-refractivity contribution in [2.75, 3.05) is 6.54 Å². The molecule has 7 rings (SSSR count). The zero-order valence-electron chi connectivity index (χ0n) is 46.6. The Morgan fingerprint density at radius 3 is 2.50 bits per heavy atom. The van der Waals surface area contributed by atoms with Crippen LogP contribution in [0.15, 0.2) is 84.0 Å². The molecule has 16 atom stereocenters. The maximum Gasteiger partial charge on any atom is 0.325 e. The van der Waals surface area contributed by atoms with E-state index in [1.165, 1.54) is 17.1 Å². The van der Waals surface area contributed by atoms with Crippen molar-refractivity contribution in [3.63, 3.8) is 0 Å². The van der Waals surface area contributed by atoms with Gasteiger partial charge in [-0.1, -0.05) is 109 Å². The maximum absolute atomic E-state index is 14.6. The smallest absolute Gasteiger partial charge is 0.325 e. The molecule has 0 aliphatic carbocycles. The molecule has 6 aliphatic rings. The molecule has 4 amide bonds. The van der Waals surface area contributed by atoms with Crippen LogP contribution in [0.1, 0.15) is 139 Å². The number of piperidine rings is 1. The number of hydrazine groups is 1. The summed E-state index contributed by atoms with van der Waals surface area (Å²) in [6.07, 6.45) is 19.1. The normalized spacial score (nSPS) is 35.9. The fraction of sp³-hybridized carbons (Fsp3) is 0.650. The van der Waals surface area contributed by atoms with Crippen molar-refractivity contribution in [2.45, 2.75) is 200 Å². The van der Waals surface area contributed by atoms with E-state index >= 15 is 0 Å². The van der Waals surface area contributed by atoms with Crippen LogP contribution in [-0.4, -0.2) is 112 Å². The average Bonchev–Trinajstić information content (AvgIpc) is 3.40. The molecule has 16 heteroatoms. The summed E-state index contributed by atoms with van der Waals surface area (Å²) in [5.74, 6) is -3.69. The lowest BCUT2D eigenvalue weighted by Crippen LogP contribution is -2.64. The fourth-order valence-corrected chi connectivity index (χ4v) is 12.0. The molecule has 4 fully saturated rings. The topological polar surface area (TPSA) is 214 Å². The lowest BCUT2D eigenvalue weighted by atomic mass is 9.75. The van der Waals surface area contributed by atoms with Gasteiger partial charge in [0, 0.05) is 55.9 Å². The molecule has 0 saturated carbocycles. The largest absolute Gasteiger partial charge is 0.508 e. The number of carbonyl (C=O) groups is 5. The fourth-order valence-electron chi connectivity index (χ4n) is 12.0. The number of phenolic OH excluding ortho intramolecular Hbond substituents is 1. The maximum atomic E-state index is 14.6. The Kier molecular flexibility index (Phi) is 19.7. The van der Waals surface area contributed by atoms with Gasteiger partial charge in [0.05, 0.1) is 30.3 Å². The molecule has 6 N–H and O–H groups in total. The number of hydrogen-bond donors (Lipinski definition) is 6. The molecular formula is C60H87N5O11. The highest BCUT2D eigenvalue weighted by Gasteiger charge is 2.53. The van der Waals surface area contributed by atoms with Gasteiger partial charge in [0.1, 0.15) is 30.0 Å². The van der Waals surface area contributed by atoms with Crippen LogP contribution in [0.4, 0.5) is 0 Å². The van der Waals surface area contributed by atoms with Gasteiger partial charge >= 0.3 is 5.97 Å². The Bertz CT molecular complexity index is 2400. The number of aromatic hydroxyl groups is 1. The number of fused-ring (bicyclic) bond motifs is 4.